The maximum Gasteiger partial charge on any atom is 0.0693 e. The summed E-state index contributed by atoms with van der Waals surface area (Å²) < 4.78 is 0. The summed E-state index contributed by atoms with van der Waals surface area (Å²) in [6, 6.07) is 0.213. The second-order valence-corrected chi connectivity index (χ2v) is 3.36. The van der Waals surface area contributed by atoms with Crippen LogP contribution in [-0.2, 0) is 0 Å². The molecule has 0 spiro atoms. The first-order chi connectivity index (χ1) is 5.20. The van der Waals surface area contributed by atoms with Crippen LogP contribution in [0.25, 0.3) is 0 Å². The van der Waals surface area contributed by atoms with E-state index >= 15 is 0 Å². The third-order valence-electron chi connectivity index (χ3n) is 2.15. The third kappa shape index (κ3) is 2.77. The number of nitrogens with one attached hydrogen (secondary N) is 1. The van der Waals surface area contributed by atoms with E-state index in [4.69, 9.17) is 5.11 Å². The van der Waals surface area contributed by atoms with Crippen LogP contribution in [0.2, 0.25) is 0 Å². The Morgan fingerprint density at radius 1 is 1.55 bits per heavy atom. The molecule has 0 saturated heterocycles. The van der Waals surface area contributed by atoms with Crippen molar-refractivity contribution in [3.8, 4) is 0 Å². The van der Waals surface area contributed by atoms with Gasteiger partial charge in [0.15, 0.2) is 0 Å². The van der Waals surface area contributed by atoms with Gasteiger partial charge in [-0.05, 0) is 26.2 Å². The van der Waals surface area contributed by atoms with Crippen molar-refractivity contribution in [2.75, 3.05) is 6.54 Å². The summed E-state index contributed by atoms with van der Waals surface area (Å²) in [7, 11) is 0. The van der Waals surface area contributed by atoms with E-state index in [1.165, 1.54) is 0 Å². The maximum absolute atomic E-state index is 9.36. The van der Waals surface area contributed by atoms with E-state index < -0.39 is 0 Å². The summed E-state index contributed by atoms with van der Waals surface area (Å²) in [6.45, 7) is 2.33. The number of aliphatic hydroxyl groups is 2. The van der Waals surface area contributed by atoms with Crippen LogP contribution in [0.3, 0.4) is 0 Å². The summed E-state index contributed by atoms with van der Waals surface area (Å²) in [5.74, 6) is 0. The molecule has 0 radical (unpaired) electrons. The van der Waals surface area contributed by atoms with E-state index in [9.17, 15) is 5.11 Å². The molecule has 0 aromatic rings. The number of hydrogen-bond acceptors (Lipinski definition) is 3. The Morgan fingerprint density at radius 3 is 2.73 bits per heavy atom. The lowest BCUT2D eigenvalue weighted by molar-refractivity contribution is 0.132. The summed E-state index contributed by atoms with van der Waals surface area (Å²) in [5.41, 5.74) is 0. The molecule has 3 heteroatoms. The molecule has 66 valence electrons. The molecule has 3 nitrogen and oxygen atoms in total. The van der Waals surface area contributed by atoms with Crippen molar-refractivity contribution in [2.45, 2.75) is 44.4 Å². The molecule has 3 atom stereocenters. The van der Waals surface area contributed by atoms with E-state index in [-0.39, 0.29) is 18.2 Å². The van der Waals surface area contributed by atoms with E-state index in [0.717, 1.165) is 19.3 Å². The zero-order valence-electron chi connectivity index (χ0n) is 6.95. The minimum absolute atomic E-state index is 0.200. The van der Waals surface area contributed by atoms with E-state index in [1.807, 2.05) is 0 Å². The van der Waals surface area contributed by atoms with Gasteiger partial charge in [0.2, 0.25) is 0 Å². The zero-order chi connectivity index (χ0) is 8.27. The fourth-order valence-corrected chi connectivity index (χ4v) is 1.50. The van der Waals surface area contributed by atoms with Crippen LogP contribution in [0, 0.1) is 0 Å². The van der Waals surface area contributed by atoms with Gasteiger partial charge in [0.1, 0.15) is 0 Å². The van der Waals surface area contributed by atoms with Crippen molar-refractivity contribution in [1.82, 2.24) is 5.32 Å². The molecular weight excluding hydrogens is 142 g/mol. The summed E-state index contributed by atoms with van der Waals surface area (Å²) in [6.07, 6.45) is 2.51. The molecule has 0 aromatic carbocycles. The van der Waals surface area contributed by atoms with Crippen LogP contribution in [0.5, 0.6) is 0 Å². The lowest BCUT2D eigenvalue weighted by Gasteiger charge is -2.17. The monoisotopic (exact) mass is 159 g/mol. The Balaban J connectivity index is 2.15. The minimum Gasteiger partial charge on any atom is -0.392 e. The van der Waals surface area contributed by atoms with Gasteiger partial charge in [-0.2, -0.15) is 0 Å². The van der Waals surface area contributed by atoms with Crippen molar-refractivity contribution in [3.63, 3.8) is 0 Å². The molecule has 0 heterocycles. The molecule has 1 saturated carbocycles. The van der Waals surface area contributed by atoms with Crippen molar-refractivity contribution in [1.29, 1.82) is 0 Å². The second kappa shape index (κ2) is 4.04. The van der Waals surface area contributed by atoms with Gasteiger partial charge in [-0.3, -0.25) is 0 Å². The molecule has 1 fully saturated rings. The Hall–Kier alpha value is -0.120. The third-order valence-corrected chi connectivity index (χ3v) is 2.15. The van der Waals surface area contributed by atoms with Crippen LogP contribution < -0.4 is 5.32 Å². The van der Waals surface area contributed by atoms with Gasteiger partial charge in [-0.25, -0.2) is 0 Å². The summed E-state index contributed by atoms with van der Waals surface area (Å²) in [5, 5.41) is 21.4. The molecule has 1 rings (SSSR count). The maximum atomic E-state index is 9.36. The van der Waals surface area contributed by atoms with E-state index in [1.54, 1.807) is 6.92 Å². The van der Waals surface area contributed by atoms with Gasteiger partial charge in [0.25, 0.3) is 0 Å². The Morgan fingerprint density at radius 2 is 2.27 bits per heavy atom. The highest BCUT2D eigenvalue weighted by Crippen LogP contribution is 2.18. The van der Waals surface area contributed by atoms with Crippen LogP contribution in [0.1, 0.15) is 26.2 Å². The molecule has 11 heavy (non-hydrogen) atoms. The van der Waals surface area contributed by atoms with Gasteiger partial charge >= 0.3 is 0 Å². The minimum atomic E-state index is -0.317. The van der Waals surface area contributed by atoms with Crippen LogP contribution in [0.4, 0.5) is 0 Å². The average Bonchev–Trinajstić information content (AvgIpc) is 2.31. The number of aliphatic hydroxyl groups excluding tert-OH is 2. The summed E-state index contributed by atoms with van der Waals surface area (Å²) in [4.78, 5) is 0. The quantitative estimate of drug-likeness (QED) is 0.537. The highest BCUT2D eigenvalue weighted by atomic mass is 16.3. The first-order valence-electron chi connectivity index (χ1n) is 4.29. The Kier molecular flexibility index (Phi) is 3.30. The normalized spacial score (nSPS) is 34.1. The molecule has 1 unspecified atom stereocenters. The van der Waals surface area contributed by atoms with Gasteiger partial charge in [-0.15, -0.1) is 0 Å². The molecule has 3 N–H and O–H groups in total. The summed E-state index contributed by atoms with van der Waals surface area (Å²) >= 11 is 0. The fraction of sp³-hybridized carbons (Fsp3) is 1.00. The molecule has 0 bridgehead atoms. The van der Waals surface area contributed by atoms with Gasteiger partial charge < -0.3 is 15.5 Å². The Labute approximate surface area is 67.4 Å². The molecular formula is C8H17NO2. The average molecular weight is 159 g/mol. The Bertz CT molecular complexity index is 117. The van der Waals surface area contributed by atoms with Crippen molar-refractivity contribution in [3.05, 3.63) is 0 Å². The van der Waals surface area contributed by atoms with Crippen LogP contribution in [0.15, 0.2) is 0 Å². The first-order valence-corrected chi connectivity index (χ1v) is 4.29. The predicted molar refractivity (Wildman–Crippen MR) is 43.3 cm³/mol. The molecule has 0 aliphatic heterocycles. The molecule has 0 amide bonds. The molecule has 1 aliphatic carbocycles. The largest absolute Gasteiger partial charge is 0.392 e. The number of hydrogen-bond donors (Lipinski definition) is 3. The fourth-order valence-electron chi connectivity index (χ4n) is 1.50. The predicted octanol–water partition coefficient (Wildman–Crippen LogP) is -0.130. The van der Waals surface area contributed by atoms with Crippen molar-refractivity contribution < 1.29 is 10.2 Å². The van der Waals surface area contributed by atoms with Crippen LogP contribution >= 0.6 is 0 Å². The number of rotatable bonds is 3. The highest BCUT2D eigenvalue weighted by molar-refractivity contribution is 4.82. The van der Waals surface area contributed by atoms with Crippen molar-refractivity contribution in [2.24, 2.45) is 0 Å². The first kappa shape index (κ1) is 8.97. The SMILES string of the molecule is CC(O)CN[C@@H]1CCC[C@H]1O. The lowest BCUT2D eigenvalue weighted by Crippen LogP contribution is -2.39. The molecule has 0 aromatic heterocycles. The van der Waals surface area contributed by atoms with E-state index in [0.29, 0.717) is 6.54 Å². The van der Waals surface area contributed by atoms with Gasteiger partial charge in [0, 0.05) is 12.6 Å². The van der Waals surface area contributed by atoms with Crippen LogP contribution in [-0.4, -0.2) is 35.0 Å². The highest BCUT2D eigenvalue weighted by Gasteiger charge is 2.24. The smallest absolute Gasteiger partial charge is 0.0693 e. The standard InChI is InChI=1S/C8H17NO2/c1-6(10)5-9-7-3-2-4-8(7)11/h6-11H,2-5H2,1H3/t6?,7-,8-/m1/s1. The zero-order valence-corrected chi connectivity index (χ0v) is 6.95. The second-order valence-electron chi connectivity index (χ2n) is 3.36. The van der Waals surface area contributed by atoms with E-state index in [2.05, 4.69) is 5.32 Å². The van der Waals surface area contributed by atoms with Crippen molar-refractivity contribution >= 4 is 0 Å². The molecule has 1 aliphatic rings. The van der Waals surface area contributed by atoms with Gasteiger partial charge in [0.05, 0.1) is 12.2 Å². The lowest BCUT2D eigenvalue weighted by atomic mass is 10.2. The topological polar surface area (TPSA) is 52.5 Å². The van der Waals surface area contributed by atoms with Gasteiger partial charge in [-0.1, -0.05) is 0 Å².